The highest BCUT2D eigenvalue weighted by molar-refractivity contribution is 5.82. The second-order valence-corrected chi connectivity index (χ2v) is 6.87. The Hall–Kier alpha value is -3.72. The fraction of sp³-hybridized carbons (Fsp3) is 0.182. The quantitative estimate of drug-likeness (QED) is 0.554. The minimum absolute atomic E-state index is 0.102. The van der Waals surface area contributed by atoms with Gasteiger partial charge in [0.05, 0.1) is 6.33 Å². The lowest BCUT2D eigenvalue weighted by atomic mass is 9.89. The molecule has 28 heavy (non-hydrogen) atoms. The minimum atomic E-state index is 0.102. The maximum absolute atomic E-state index is 9.21. The van der Waals surface area contributed by atoms with Gasteiger partial charge in [0, 0.05) is 12.5 Å². The smallest absolute Gasteiger partial charge is 0.236 e. The predicted molar refractivity (Wildman–Crippen MR) is 109 cm³/mol. The van der Waals surface area contributed by atoms with Crippen LogP contribution in [0.1, 0.15) is 34.0 Å². The van der Waals surface area contributed by atoms with Crippen LogP contribution in [0.15, 0.2) is 54.9 Å². The molecular formula is C22H20N6. The number of benzene rings is 2. The molecule has 0 fully saturated rings. The molecule has 6 nitrogen and oxygen atoms in total. The molecule has 0 atom stereocenters. The molecule has 6 heteroatoms. The molecule has 2 N–H and O–H groups in total. The van der Waals surface area contributed by atoms with E-state index in [0.29, 0.717) is 23.5 Å². The van der Waals surface area contributed by atoms with Crippen molar-refractivity contribution in [1.29, 1.82) is 5.26 Å². The van der Waals surface area contributed by atoms with E-state index < -0.39 is 0 Å². The van der Waals surface area contributed by atoms with Gasteiger partial charge in [-0.15, -0.1) is 0 Å². The van der Waals surface area contributed by atoms with E-state index in [1.165, 1.54) is 22.3 Å². The monoisotopic (exact) mass is 368 g/mol. The largest absolute Gasteiger partial charge is 0.367 e. The molecule has 4 aromatic rings. The zero-order valence-electron chi connectivity index (χ0n) is 15.8. The SMILES string of the molecule is Cc1cccc(C(CNc2nc(C#N)nc3nc[nH]c23)c2cccc(C)c2)c1. The standard InChI is InChI=1S/C22H20N6/c1-14-5-3-7-16(9-14)18(17-8-4-6-15(2)10-17)12-24-21-20-22(26-13-25-20)28-19(11-23)27-21/h3-10,13,18H,12H2,1-2H3,(H2,24,25,26,27,28). The molecule has 2 aromatic heterocycles. The summed E-state index contributed by atoms with van der Waals surface area (Å²) in [6.45, 7) is 4.83. The van der Waals surface area contributed by atoms with Crippen LogP contribution in [0.2, 0.25) is 0 Å². The molecule has 0 saturated heterocycles. The highest BCUT2D eigenvalue weighted by Crippen LogP contribution is 2.27. The Bertz CT molecular complexity index is 1130. The van der Waals surface area contributed by atoms with Crippen LogP contribution in [0.25, 0.3) is 11.2 Å². The summed E-state index contributed by atoms with van der Waals surface area (Å²) in [5, 5.41) is 12.6. The van der Waals surface area contributed by atoms with E-state index in [-0.39, 0.29) is 11.7 Å². The van der Waals surface area contributed by atoms with Crippen molar-refractivity contribution in [3.05, 3.63) is 82.9 Å². The van der Waals surface area contributed by atoms with Gasteiger partial charge in [-0.1, -0.05) is 59.7 Å². The van der Waals surface area contributed by atoms with E-state index in [0.717, 1.165) is 0 Å². The first kappa shape index (κ1) is 17.7. The van der Waals surface area contributed by atoms with Crippen LogP contribution < -0.4 is 5.32 Å². The van der Waals surface area contributed by atoms with Crippen molar-refractivity contribution in [3.63, 3.8) is 0 Å². The molecule has 0 unspecified atom stereocenters. The Kier molecular flexibility index (Phi) is 4.73. The Morgan fingerprint density at radius 3 is 2.32 bits per heavy atom. The summed E-state index contributed by atoms with van der Waals surface area (Å²) in [5.41, 5.74) is 6.09. The van der Waals surface area contributed by atoms with Crippen LogP contribution in [-0.2, 0) is 0 Å². The Morgan fingerprint density at radius 2 is 1.71 bits per heavy atom. The minimum Gasteiger partial charge on any atom is -0.367 e. The lowest BCUT2D eigenvalue weighted by Crippen LogP contribution is -2.16. The van der Waals surface area contributed by atoms with Crippen molar-refractivity contribution >= 4 is 17.0 Å². The molecule has 2 heterocycles. The number of hydrogen-bond acceptors (Lipinski definition) is 5. The third kappa shape index (κ3) is 3.55. The number of fused-ring (bicyclic) bond motifs is 1. The second-order valence-electron chi connectivity index (χ2n) is 6.87. The van der Waals surface area contributed by atoms with Gasteiger partial charge in [0.1, 0.15) is 11.6 Å². The van der Waals surface area contributed by atoms with Gasteiger partial charge in [0.25, 0.3) is 0 Å². The average Bonchev–Trinajstić information content (AvgIpc) is 3.17. The van der Waals surface area contributed by atoms with Crippen LogP contribution in [0.5, 0.6) is 0 Å². The Labute approximate surface area is 163 Å². The van der Waals surface area contributed by atoms with Gasteiger partial charge in [0.2, 0.25) is 5.82 Å². The number of imidazole rings is 1. The molecule has 0 bridgehead atoms. The average molecular weight is 368 g/mol. The van der Waals surface area contributed by atoms with Crippen LogP contribution in [0.4, 0.5) is 5.82 Å². The maximum atomic E-state index is 9.21. The molecule has 0 amide bonds. The fourth-order valence-corrected chi connectivity index (χ4v) is 3.41. The Morgan fingerprint density at radius 1 is 1.04 bits per heavy atom. The first-order valence-electron chi connectivity index (χ1n) is 9.12. The topological polar surface area (TPSA) is 90.3 Å². The molecule has 0 aliphatic rings. The zero-order valence-corrected chi connectivity index (χ0v) is 15.8. The van der Waals surface area contributed by atoms with Crippen molar-refractivity contribution in [2.75, 3.05) is 11.9 Å². The predicted octanol–water partition coefficient (Wildman–Crippen LogP) is 4.09. The van der Waals surface area contributed by atoms with Crippen molar-refractivity contribution in [2.45, 2.75) is 19.8 Å². The van der Waals surface area contributed by atoms with Crippen LogP contribution in [-0.4, -0.2) is 26.5 Å². The summed E-state index contributed by atoms with van der Waals surface area (Å²) in [5.74, 6) is 0.826. The fourth-order valence-electron chi connectivity index (χ4n) is 3.41. The number of anilines is 1. The third-order valence-corrected chi connectivity index (χ3v) is 4.75. The van der Waals surface area contributed by atoms with Gasteiger partial charge in [-0.3, -0.25) is 0 Å². The van der Waals surface area contributed by atoms with Gasteiger partial charge >= 0.3 is 0 Å². The summed E-state index contributed by atoms with van der Waals surface area (Å²) >= 11 is 0. The molecule has 0 spiro atoms. The third-order valence-electron chi connectivity index (χ3n) is 4.75. The number of nitriles is 1. The van der Waals surface area contributed by atoms with Gasteiger partial charge < -0.3 is 10.3 Å². The molecule has 0 radical (unpaired) electrons. The van der Waals surface area contributed by atoms with Gasteiger partial charge in [-0.25, -0.2) is 4.98 Å². The van der Waals surface area contributed by atoms with Crippen LogP contribution in [0.3, 0.4) is 0 Å². The number of rotatable bonds is 5. The zero-order chi connectivity index (χ0) is 19.5. The number of aromatic amines is 1. The molecule has 138 valence electrons. The van der Waals surface area contributed by atoms with Crippen LogP contribution >= 0.6 is 0 Å². The summed E-state index contributed by atoms with van der Waals surface area (Å²) in [6.07, 6.45) is 1.56. The van der Waals surface area contributed by atoms with Crippen molar-refractivity contribution in [1.82, 2.24) is 19.9 Å². The van der Waals surface area contributed by atoms with Crippen LogP contribution in [0, 0.1) is 25.2 Å². The van der Waals surface area contributed by atoms with E-state index in [2.05, 4.69) is 87.6 Å². The summed E-state index contributed by atoms with van der Waals surface area (Å²) < 4.78 is 0. The van der Waals surface area contributed by atoms with E-state index >= 15 is 0 Å². The first-order valence-corrected chi connectivity index (χ1v) is 9.12. The van der Waals surface area contributed by atoms with Gasteiger partial charge in [0.15, 0.2) is 11.5 Å². The van der Waals surface area contributed by atoms with Crippen molar-refractivity contribution < 1.29 is 0 Å². The normalized spacial score (nSPS) is 10.9. The molecule has 0 aliphatic heterocycles. The molecule has 0 aliphatic carbocycles. The maximum Gasteiger partial charge on any atom is 0.236 e. The first-order chi connectivity index (χ1) is 13.6. The number of hydrogen-bond donors (Lipinski definition) is 2. The lowest BCUT2D eigenvalue weighted by Gasteiger charge is -2.20. The van der Waals surface area contributed by atoms with E-state index in [4.69, 9.17) is 0 Å². The summed E-state index contributed by atoms with van der Waals surface area (Å²) in [6, 6.07) is 19.1. The number of aromatic nitrogens is 4. The number of aryl methyl sites for hydroxylation is 2. The van der Waals surface area contributed by atoms with Gasteiger partial charge in [-0.2, -0.15) is 15.2 Å². The molecular weight excluding hydrogens is 348 g/mol. The van der Waals surface area contributed by atoms with Crippen molar-refractivity contribution in [3.8, 4) is 6.07 Å². The number of nitrogens with zero attached hydrogens (tertiary/aromatic N) is 4. The molecule has 4 rings (SSSR count). The highest BCUT2D eigenvalue weighted by Gasteiger charge is 2.17. The number of H-pyrrole nitrogens is 1. The van der Waals surface area contributed by atoms with E-state index in [9.17, 15) is 5.26 Å². The Balaban J connectivity index is 1.71. The highest BCUT2D eigenvalue weighted by atomic mass is 15.1. The number of nitrogens with one attached hydrogen (secondary N) is 2. The van der Waals surface area contributed by atoms with E-state index in [1.54, 1.807) is 6.33 Å². The van der Waals surface area contributed by atoms with Gasteiger partial charge in [-0.05, 0) is 25.0 Å². The summed E-state index contributed by atoms with van der Waals surface area (Å²) in [4.78, 5) is 15.7. The lowest BCUT2D eigenvalue weighted by molar-refractivity contribution is 0.845. The second kappa shape index (κ2) is 7.49. The molecule has 2 aromatic carbocycles. The summed E-state index contributed by atoms with van der Waals surface area (Å²) in [7, 11) is 0. The van der Waals surface area contributed by atoms with E-state index in [1.807, 2.05) is 6.07 Å². The molecule has 0 saturated carbocycles. The van der Waals surface area contributed by atoms with Crippen molar-refractivity contribution in [2.24, 2.45) is 0 Å².